The zero-order valence-corrected chi connectivity index (χ0v) is 18.7. The van der Waals surface area contributed by atoms with Crippen molar-refractivity contribution in [3.8, 4) is 0 Å². The smallest absolute Gasteiger partial charge is 0.369 e. The normalized spacial score (nSPS) is 19.4. The topological polar surface area (TPSA) is 55.9 Å². The molecule has 6 nitrogen and oxygen atoms in total. The second-order valence-corrected chi connectivity index (χ2v) is 9.89. The third-order valence-corrected chi connectivity index (χ3v) is 7.62. The van der Waals surface area contributed by atoms with Gasteiger partial charge in [0.2, 0.25) is 5.91 Å². The van der Waals surface area contributed by atoms with Crippen molar-refractivity contribution in [3.05, 3.63) is 47.3 Å². The Hall–Kier alpha value is -1.95. The molecule has 0 aliphatic carbocycles. The van der Waals surface area contributed by atoms with Gasteiger partial charge in [-0.3, -0.25) is 9.69 Å². The van der Waals surface area contributed by atoms with Crippen molar-refractivity contribution < 1.29 is 22.2 Å². The monoisotopic (exact) mass is 474 g/mol. The number of rotatable bonds is 3. The van der Waals surface area contributed by atoms with E-state index in [0.29, 0.717) is 32.7 Å². The molecule has 0 bridgehead atoms. The Morgan fingerprint density at radius 1 is 1.03 bits per heavy atom. The molecule has 1 aromatic heterocycles. The number of anilines is 1. The summed E-state index contributed by atoms with van der Waals surface area (Å²) < 4.78 is 52.8. The van der Waals surface area contributed by atoms with Crippen molar-refractivity contribution in [2.24, 2.45) is 0 Å². The predicted octanol–water partition coefficient (Wildman–Crippen LogP) is 2.66. The Morgan fingerprint density at radius 2 is 1.71 bits per heavy atom. The number of halogens is 3. The summed E-state index contributed by atoms with van der Waals surface area (Å²) in [6.07, 6.45) is -4.31. The van der Waals surface area contributed by atoms with Crippen molar-refractivity contribution in [1.29, 1.82) is 0 Å². The standard InChI is InChI=1S/C15H15F3N2OS2.C5H10N2O/c16-15(17,18)12-3-5-13(6-4-12)19-7-9-20(10-8-19)23(21)14-2-1-11-22-14;1-7-3-2-6-5(8)4-7/h1-6,11H,7-10H2;2-4H2,1H3,(H,6,8). The van der Waals surface area contributed by atoms with Gasteiger partial charge in [-0.2, -0.15) is 13.2 Å². The first-order chi connectivity index (χ1) is 14.7. The number of hydrogen-bond donors (Lipinski definition) is 1. The molecule has 1 atom stereocenters. The number of amides is 1. The van der Waals surface area contributed by atoms with Crippen LogP contribution >= 0.6 is 11.3 Å². The van der Waals surface area contributed by atoms with Gasteiger partial charge >= 0.3 is 6.18 Å². The Kier molecular flexibility index (Phi) is 8.09. The molecule has 2 fully saturated rings. The first-order valence-corrected chi connectivity index (χ1v) is 11.8. The average Bonchev–Trinajstić information content (AvgIpc) is 3.28. The molecule has 1 N–H and O–H groups in total. The van der Waals surface area contributed by atoms with E-state index in [0.717, 1.165) is 35.1 Å². The number of likely N-dealkylation sites (N-methyl/N-ethyl adjacent to an activating group) is 1. The third kappa shape index (κ3) is 6.76. The molecular formula is C20H25F3N4O2S2. The molecular weight excluding hydrogens is 449 g/mol. The van der Waals surface area contributed by atoms with E-state index in [1.54, 1.807) is 0 Å². The fraction of sp³-hybridized carbons (Fsp3) is 0.450. The number of piperazine rings is 2. The summed E-state index contributed by atoms with van der Waals surface area (Å²) in [5, 5.41) is 4.63. The van der Waals surface area contributed by atoms with Crippen molar-refractivity contribution in [1.82, 2.24) is 14.5 Å². The van der Waals surface area contributed by atoms with E-state index in [1.807, 2.05) is 38.7 Å². The molecule has 31 heavy (non-hydrogen) atoms. The van der Waals surface area contributed by atoms with Crippen molar-refractivity contribution in [2.45, 2.75) is 10.4 Å². The molecule has 4 rings (SSSR count). The van der Waals surface area contributed by atoms with Crippen molar-refractivity contribution in [2.75, 3.05) is 57.8 Å². The molecule has 0 radical (unpaired) electrons. The fourth-order valence-electron chi connectivity index (χ4n) is 3.23. The number of hydrogen-bond acceptors (Lipinski definition) is 5. The Labute approximate surface area is 186 Å². The number of carbonyl (C=O) groups excluding carboxylic acids is 1. The molecule has 0 saturated carbocycles. The van der Waals surface area contributed by atoms with E-state index < -0.39 is 22.7 Å². The molecule has 11 heteroatoms. The van der Waals surface area contributed by atoms with Gasteiger partial charge in [-0.25, -0.2) is 8.51 Å². The molecule has 1 amide bonds. The summed E-state index contributed by atoms with van der Waals surface area (Å²) >= 11 is 1.46. The first kappa shape index (κ1) is 23.7. The van der Waals surface area contributed by atoms with E-state index in [1.165, 1.54) is 23.5 Å². The summed E-state index contributed by atoms with van der Waals surface area (Å²) in [5.41, 5.74) is 0.123. The Balaban J connectivity index is 0.000000287. The zero-order chi connectivity index (χ0) is 22.4. The van der Waals surface area contributed by atoms with Crippen LogP contribution in [0.25, 0.3) is 0 Å². The highest BCUT2D eigenvalue weighted by molar-refractivity contribution is 7.85. The second-order valence-electron chi connectivity index (χ2n) is 7.23. The minimum absolute atomic E-state index is 0.138. The average molecular weight is 475 g/mol. The van der Waals surface area contributed by atoms with Crippen LogP contribution in [0.15, 0.2) is 46.0 Å². The summed E-state index contributed by atoms with van der Waals surface area (Å²) in [5.74, 6) is 0.138. The van der Waals surface area contributed by atoms with E-state index in [-0.39, 0.29) is 5.91 Å². The van der Waals surface area contributed by atoms with E-state index in [2.05, 4.69) is 5.32 Å². The van der Waals surface area contributed by atoms with Crippen LogP contribution < -0.4 is 10.2 Å². The van der Waals surface area contributed by atoms with Crippen LogP contribution in [0.4, 0.5) is 18.9 Å². The van der Waals surface area contributed by atoms with Crippen LogP contribution in [-0.2, 0) is 22.0 Å². The van der Waals surface area contributed by atoms with Crippen LogP contribution in [0.3, 0.4) is 0 Å². The number of alkyl halides is 3. The van der Waals surface area contributed by atoms with Crippen LogP contribution in [0.5, 0.6) is 0 Å². The molecule has 0 spiro atoms. The molecule has 2 aliphatic rings. The molecule has 1 unspecified atom stereocenters. The number of nitrogens with zero attached hydrogens (tertiary/aromatic N) is 3. The summed E-state index contributed by atoms with van der Waals surface area (Å²) in [4.78, 5) is 14.5. The largest absolute Gasteiger partial charge is 0.416 e. The minimum atomic E-state index is -4.31. The number of carbonyl (C=O) groups is 1. The quantitative estimate of drug-likeness (QED) is 0.743. The van der Waals surface area contributed by atoms with Gasteiger partial charge in [-0.15, -0.1) is 11.3 Å². The van der Waals surface area contributed by atoms with Crippen molar-refractivity contribution >= 4 is 33.9 Å². The zero-order valence-electron chi connectivity index (χ0n) is 17.1. The summed E-state index contributed by atoms with van der Waals surface area (Å²) in [6.45, 7) is 4.85. The predicted molar refractivity (Wildman–Crippen MR) is 116 cm³/mol. The number of thiophene rings is 1. The maximum Gasteiger partial charge on any atom is 0.416 e. The lowest BCUT2D eigenvalue weighted by atomic mass is 10.2. The third-order valence-electron chi connectivity index (χ3n) is 4.93. The van der Waals surface area contributed by atoms with Gasteiger partial charge < -0.3 is 10.2 Å². The minimum Gasteiger partial charge on any atom is -0.369 e. The molecule has 2 aliphatic heterocycles. The highest BCUT2D eigenvalue weighted by Crippen LogP contribution is 2.31. The number of nitrogens with one attached hydrogen (secondary N) is 1. The van der Waals surface area contributed by atoms with Crippen LogP contribution in [0.2, 0.25) is 0 Å². The fourth-order valence-corrected chi connectivity index (χ4v) is 5.43. The molecule has 2 saturated heterocycles. The lowest BCUT2D eigenvalue weighted by Gasteiger charge is -2.35. The van der Waals surface area contributed by atoms with Crippen LogP contribution in [-0.4, -0.2) is 72.2 Å². The summed E-state index contributed by atoms with van der Waals surface area (Å²) in [6, 6.07) is 8.92. The van der Waals surface area contributed by atoms with Gasteiger partial charge in [0.1, 0.15) is 15.2 Å². The van der Waals surface area contributed by atoms with Crippen LogP contribution in [0.1, 0.15) is 5.56 Å². The van der Waals surface area contributed by atoms with Gasteiger partial charge in [-0.1, -0.05) is 6.07 Å². The van der Waals surface area contributed by atoms with E-state index in [9.17, 15) is 22.2 Å². The first-order valence-electron chi connectivity index (χ1n) is 9.82. The molecule has 2 aromatic rings. The number of benzene rings is 1. The highest BCUT2D eigenvalue weighted by atomic mass is 32.2. The Bertz CT molecular complexity index is 868. The van der Waals surface area contributed by atoms with Gasteiger partial charge in [0.15, 0.2) is 0 Å². The van der Waals surface area contributed by atoms with Crippen LogP contribution in [0, 0.1) is 0 Å². The highest BCUT2D eigenvalue weighted by Gasteiger charge is 2.30. The van der Waals surface area contributed by atoms with Crippen molar-refractivity contribution in [3.63, 3.8) is 0 Å². The van der Waals surface area contributed by atoms with E-state index >= 15 is 0 Å². The lowest BCUT2D eigenvalue weighted by Crippen LogP contribution is -2.46. The lowest BCUT2D eigenvalue weighted by molar-refractivity contribution is -0.137. The van der Waals surface area contributed by atoms with Gasteiger partial charge in [-0.05, 0) is 42.8 Å². The van der Waals surface area contributed by atoms with E-state index in [4.69, 9.17) is 0 Å². The molecule has 3 heterocycles. The molecule has 170 valence electrons. The maximum absolute atomic E-state index is 12.6. The van der Waals surface area contributed by atoms with Gasteiger partial charge in [0.05, 0.1) is 12.1 Å². The van der Waals surface area contributed by atoms with Gasteiger partial charge in [0.25, 0.3) is 0 Å². The Morgan fingerprint density at radius 3 is 2.19 bits per heavy atom. The SMILES string of the molecule is CN1CCNC(=O)C1.O=S(c1cccs1)N1CCN(c2ccc(C(F)(F)F)cc2)CC1. The summed E-state index contributed by atoms with van der Waals surface area (Å²) in [7, 11) is 0.794. The van der Waals surface area contributed by atoms with Gasteiger partial charge in [0, 0.05) is 45.0 Å². The maximum atomic E-state index is 12.6. The second kappa shape index (κ2) is 10.6. The molecule has 1 aromatic carbocycles.